The van der Waals surface area contributed by atoms with Crippen LogP contribution in [0.3, 0.4) is 0 Å². The van der Waals surface area contributed by atoms with E-state index in [4.69, 9.17) is 4.74 Å². The standard InChI is InChI=1S/C25H32N2O3/c1-3-30-23-12-9-22(10-13-23)19-25(29)27-16-4-15-26(17-18-27)24(28)14-11-21-7-5-20(2)6-8-21/h5-10,12-13H,3-4,11,14-19H2,1-2H3. The highest BCUT2D eigenvalue weighted by atomic mass is 16.5. The molecule has 1 aliphatic heterocycles. The monoisotopic (exact) mass is 408 g/mol. The Bertz CT molecular complexity index is 830. The molecule has 2 aromatic rings. The Kier molecular flexibility index (Phi) is 7.89. The van der Waals surface area contributed by atoms with Crippen LogP contribution >= 0.6 is 0 Å². The van der Waals surface area contributed by atoms with Crippen molar-refractivity contribution in [3.05, 3.63) is 65.2 Å². The summed E-state index contributed by atoms with van der Waals surface area (Å²) in [5, 5.41) is 0. The molecule has 0 aromatic heterocycles. The summed E-state index contributed by atoms with van der Waals surface area (Å²) in [6, 6.07) is 16.0. The number of hydrogen-bond acceptors (Lipinski definition) is 3. The van der Waals surface area contributed by atoms with E-state index in [-0.39, 0.29) is 11.8 Å². The van der Waals surface area contributed by atoms with Gasteiger partial charge in [0.1, 0.15) is 5.75 Å². The predicted molar refractivity (Wildman–Crippen MR) is 119 cm³/mol. The Morgan fingerprint density at radius 2 is 1.43 bits per heavy atom. The van der Waals surface area contributed by atoms with E-state index in [0.29, 0.717) is 39.1 Å². The van der Waals surface area contributed by atoms with Crippen molar-refractivity contribution >= 4 is 11.8 Å². The number of ether oxygens (including phenoxy) is 1. The second-order valence-electron chi connectivity index (χ2n) is 7.85. The number of aryl methyl sites for hydroxylation is 2. The van der Waals surface area contributed by atoms with Gasteiger partial charge in [0.25, 0.3) is 0 Å². The van der Waals surface area contributed by atoms with Gasteiger partial charge < -0.3 is 14.5 Å². The lowest BCUT2D eigenvalue weighted by molar-refractivity contribution is -0.133. The number of amides is 2. The molecule has 5 nitrogen and oxygen atoms in total. The predicted octanol–water partition coefficient (Wildman–Crippen LogP) is 3.63. The lowest BCUT2D eigenvalue weighted by Gasteiger charge is -2.22. The number of hydrogen-bond donors (Lipinski definition) is 0. The van der Waals surface area contributed by atoms with E-state index in [1.54, 1.807) is 0 Å². The number of nitrogens with zero attached hydrogens (tertiary/aromatic N) is 2. The summed E-state index contributed by atoms with van der Waals surface area (Å²) in [7, 11) is 0. The Morgan fingerprint density at radius 3 is 2.07 bits per heavy atom. The zero-order valence-electron chi connectivity index (χ0n) is 18.1. The summed E-state index contributed by atoms with van der Waals surface area (Å²) >= 11 is 0. The summed E-state index contributed by atoms with van der Waals surface area (Å²) in [6.07, 6.45) is 2.48. The minimum absolute atomic E-state index is 0.119. The molecule has 0 radical (unpaired) electrons. The van der Waals surface area contributed by atoms with E-state index in [9.17, 15) is 9.59 Å². The molecule has 30 heavy (non-hydrogen) atoms. The fourth-order valence-corrected chi connectivity index (χ4v) is 3.74. The van der Waals surface area contributed by atoms with Gasteiger partial charge in [-0.2, -0.15) is 0 Å². The van der Waals surface area contributed by atoms with Crippen LogP contribution in [0.15, 0.2) is 48.5 Å². The van der Waals surface area contributed by atoms with Crippen molar-refractivity contribution < 1.29 is 14.3 Å². The maximum absolute atomic E-state index is 12.7. The van der Waals surface area contributed by atoms with Crippen LogP contribution in [0, 0.1) is 6.92 Å². The van der Waals surface area contributed by atoms with E-state index in [1.807, 2.05) is 41.0 Å². The first-order chi connectivity index (χ1) is 14.5. The highest BCUT2D eigenvalue weighted by Crippen LogP contribution is 2.14. The van der Waals surface area contributed by atoms with Gasteiger partial charge in [-0.25, -0.2) is 0 Å². The van der Waals surface area contributed by atoms with Crippen molar-refractivity contribution in [2.75, 3.05) is 32.8 Å². The van der Waals surface area contributed by atoms with Gasteiger partial charge in [-0.3, -0.25) is 9.59 Å². The SMILES string of the molecule is CCOc1ccc(CC(=O)N2CCCN(C(=O)CCc3ccc(C)cc3)CC2)cc1. The van der Waals surface area contributed by atoms with E-state index >= 15 is 0 Å². The van der Waals surface area contributed by atoms with Crippen LogP contribution in [0.2, 0.25) is 0 Å². The second kappa shape index (κ2) is 10.8. The van der Waals surface area contributed by atoms with Gasteiger partial charge in [-0.15, -0.1) is 0 Å². The molecule has 0 spiro atoms. The van der Waals surface area contributed by atoms with Crippen LogP contribution < -0.4 is 4.74 Å². The minimum atomic E-state index is 0.119. The molecule has 0 saturated carbocycles. The van der Waals surface area contributed by atoms with Crippen molar-refractivity contribution in [2.24, 2.45) is 0 Å². The molecule has 0 N–H and O–H groups in total. The summed E-state index contributed by atoms with van der Waals surface area (Å²) in [4.78, 5) is 29.2. The summed E-state index contributed by atoms with van der Waals surface area (Å²) in [5.74, 6) is 1.12. The number of carbonyl (C=O) groups is 2. The maximum atomic E-state index is 12.7. The third kappa shape index (κ3) is 6.34. The molecule has 0 atom stereocenters. The molecule has 1 heterocycles. The van der Waals surface area contributed by atoms with E-state index in [1.165, 1.54) is 11.1 Å². The summed E-state index contributed by atoms with van der Waals surface area (Å²) in [5.41, 5.74) is 3.40. The fraction of sp³-hybridized carbons (Fsp3) is 0.440. The van der Waals surface area contributed by atoms with Crippen LogP contribution in [0.5, 0.6) is 5.75 Å². The van der Waals surface area contributed by atoms with Crippen LogP contribution in [0.25, 0.3) is 0 Å². The first kappa shape index (κ1) is 21.9. The van der Waals surface area contributed by atoms with Gasteiger partial charge in [-0.05, 0) is 49.9 Å². The summed E-state index contributed by atoms with van der Waals surface area (Å²) < 4.78 is 5.45. The zero-order valence-corrected chi connectivity index (χ0v) is 18.1. The lowest BCUT2D eigenvalue weighted by atomic mass is 10.1. The number of carbonyl (C=O) groups excluding carboxylic acids is 2. The Morgan fingerprint density at radius 1 is 0.833 bits per heavy atom. The van der Waals surface area contributed by atoms with E-state index in [2.05, 4.69) is 31.2 Å². The molecule has 0 bridgehead atoms. The normalized spacial score (nSPS) is 14.3. The molecule has 160 valence electrons. The molecule has 2 aromatic carbocycles. The lowest BCUT2D eigenvalue weighted by Crippen LogP contribution is -2.38. The molecule has 2 amide bonds. The van der Waals surface area contributed by atoms with Crippen LogP contribution in [-0.4, -0.2) is 54.4 Å². The molecule has 5 heteroatoms. The molecule has 1 saturated heterocycles. The average Bonchev–Trinajstić information content (AvgIpc) is 3.01. The Labute approximate surface area is 179 Å². The minimum Gasteiger partial charge on any atom is -0.494 e. The van der Waals surface area contributed by atoms with Crippen molar-refractivity contribution in [1.29, 1.82) is 0 Å². The molecule has 1 aliphatic rings. The highest BCUT2D eigenvalue weighted by molar-refractivity contribution is 5.79. The van der Waals surface area contributed by atoms with Gasteiger partial charge in [0.05, 0.1) is 13.0 Å². The van der Waals surface area contributed by atoms with E-state index in [0.717, 1.165) is 30.7 Å². The Hall–Kier alpha value is -2.82. The molecule has 3 rings (SSSR count). The third-order valence-corrected chi connectivity index (χ3v) is 5.54. The van der Waals surface area contributed by atoms with Crippen LogP contribution in [0.4, 0.5) is 0 Å². The highest BCUT2D eigenvalue weighted by Gasteiger charge is 2.22. The Balaban J connectivity index is 1.46. The molecule has 0 unspecified atom stereocenters. The van der Waals surface area contributed by atoms with Gasteiger partial charge in [0.2, 0.25) is 11.8 Å². The van der Waals surface area contributed by atoms with Crippen molar-refractivity contribution in [2.45, 2.75) is 39.5 Å². The average molecular weight is 409 g/mol. The van der Waals surface area contributed by atoms with Gasteiger partial charge in [0.15, 0.2) is 0 Å². The largest absolute Gasteiger partial charge is 0.494 e. The zero-order chi connectivity index (χ0) is 21.3. The smallest absolute Gasteiger partial charge is 0.227 e. The maximum Gasteiger partial charge on any atom is 0.227 e. The van der Waals surface area contributed by atoms with Crippen LogP contribution in [0.1, 0.15) is 36.5 Å². The van der Waals surface area contributed by atoms with Crippen LogP contribution in [-0.2, 0) is 22.4 Å². The molecule has 1 fully saturated rings. The van der Waals surface area contributed by atoms with Crippen molar-refractivity contribution in [3.8, 4) is 5.75 Å². The third-order valence-electron chi connectivity index (χ3n) is 5.54. The second-order valence-corrected chi connectivity index (χ2v) is 7.85. The first-order valence-corrected chi connectivity index (χ1v) is 10.9. The number of benzene rings is 2. The first-order valence-electron chi connectivity index (χ1n) is 10.9. The number of rotatable bonds is 7. The van der Waals surface area contributed by atoms with Gasteiger partial charge in [-0.1, -0.05) is 42.0 Å². The van der Waals surface area contributed by atoms with Crippen molar-refractivity contribution in [1.82, 2.24) is 9.80 Å². The summed E-state index contributed by atoms with van der Waals surface area (Å²) in [6.45, 7) is 7.29. The quantitative estimate of drug-likeness (QED) is 0.703. The van der Waals surface area contributed by atoms with Gasteiger partial charge in [0, 0.05) is 32.6 Å². The molecule has 0 aliphatic carbocycles. The van der Waals surface area contributed by atoms with Gasteiger partial charge >= 0.3 is 0 Å². The van der Waals surface area contributed by atoms with E-state index < -0.39 is 0 Å². The molecular formula is C25H32N2O3. The molecular weight excluding hydrogens is 376 g/mol. The van der Waals surface area contributed by atoms with Crippen molar-refractivity contribution in [3.63, 3.8) is 0 Å². The topological polar surface area (TPSA) is 49.9 Å². The fourth-order valence-electron chi connectivity index (χ4n) is 3.74.